The zero-order valence-electron chi connectivity index (χ0n) is 21.9. The SMILES string of the molecule is C.C=C1N=C(C(C)C)NO1.C=C1N=C(C(C)C)NS1.CC(C)C1=NCC(=O)O1.CC(C)c1ncn[nH]1. The van der Waals surface area contributed by atoms with E-state index in [2.05, 4.69) is 81.2 Å². The van der Waals surface area contributed by atoms with Crippen LogP contribution in [0.4, 0.5) is 0 Å². The number of rotatable bonds is 4. The lowest BCUT2D eigenvalue weighted by Crippen LogP contribution is -2.21. The normalized spacial score (nSPS) is 15.7. The molecule has 0 saturated heterocycles. The topological polar surface area (TPSA) is 138 Å². The minimum atomic E-state index is -0.237. The Hall–Kier alpha value is -3.15. The number of aromatic nitrogens is 3. The van der Waals surface area contributed by atoms with E-state index < -0.39 is 0 Å². The molecule has 0 aliphatic carbocycles. The van der Waals surface area contributed by atoms with Crippen LogP contribution in [0.25, 0.3) is 0 Å². The van der Waals surface area contributed by atoms with Gasteiger partial charge in [-0.1, -0.05) is 69.4 Å². The highest BCUT2D eigenvalue weighted by Crippen LogP contribution is 2.19. The monoisotopic (exact) mass is 522 g/mol. The Labute approximate surface area is 219 Å². The molecule has 0 amide bonds. The molecule has 0 saturated carbocycles. The lowest BCUT2D eigenvalue weighted by molar-refractivity contribution is -0.132. The number of carbonyl (C=O) groups is 1. The first-order valence-electron chi connectivity index (χ1n) is 11.4. The third kappa shape index (κ3) is 12.5. The van der Waals surface area contributed by atoms with E-state index in [0.29, 0.717) is 29.5 Å². The first-order chi connectivity index (χ1) is 16.4. The zero-order chi connectivity index (χ0) is 26.5. The van der Waals surface area contributed by atoms with Crippen molar-refractivity contribution in [3.63, 3.8) is 0 Å². The number of carbonyl (C=O) groups excluding carboxylic acids is 1. The van der Waals surface area contributed by atoms with Crippen molar-refractivity contribution in [2.24, 2.45) is 32.7 Å². The first kappa shape index (κ1) is 32.9. The smallest absolute Gasteiger partial charge is 0.334 e. The van der Waals surface area contributed by atoms with E-state index in [9.17, 15) is 4.79 Å². The van der Waals surface area contributed by atoms with E-state index in [1.807, 2.05) is 27.7 Å². The summed E-state index contributed by atoms with van der Waals surface area (Å²) in [5.41, 5.74) is 2.66. The molecule has 202 valence electrons. The van der Waals surface area contributed by atoms with Crippen molar-refractivity contribution in [2.45, 2.75) is 68.7 Å². The molecule has 1 aromatic heterocycles. The summed E-state index contributed by atoms with van der Waals surface area (Å²) in [6.07, 6.45) is 1.52. The van der Waals surface area contributed by atoms with Gasteiger partial charge in [-0.05, 0) is 6.58 Å². The number of amidine groups is 2. The maximum absolute atomic E-state index is 10.4. The highest BCUT2D eigenvalue weighted by atomic mass is 32.2. The lowest BCUT2D eigenvalue weighted by atomic mass is 10.2. The number of H-pyrrole nitrogens is 1. The number of ether oxygens (including phenoxy) is 1. The van der Waals surface area contributed by atoms with Gasteiger partial charge in [0.1, 0.15) is 35.4 Å². The van der Waals surface area contributed by atoms with Crippen molar-refractivity contribution in [2.75, 3.05) is 6.54 Å². The van der Waals surface area contributed by atoms with Gasteiger partial charge in [0.05, 0.1) is 0 Å². The second kappa shape index (κ2) is 16.5. The fourth-order valence-corrected chi connectivity index (χ4v) is 2.84. The Morgan fingerprint density at radius 1 is 0.944 bits per heavy atom. The third-order valence-electron chi connectivity index (χ3n) is 4.19. The van der Waals surface area contributed by atoms with Crippen molar-refractivity contribution >= 4 is 35.5 Å². The predicted octanol–water partition coefficient (Wildman–Crippen LogP) is 4.97. The number of hydrogen-bond acceptors (Lipinski definition) is 11. The van der Waals surface area contributed by atoms with Gasteiger partial charge in [-0.15, -0.1) is 0 Å². The van der Waals surface area contributed by atoms with Gasteiger partial charge in [-0.2, -0.15) is 10.1 Å². The van der Waals surface area contributed by atoms with Crippen LogP contribution in [0.3, 0.4) is 0 Å². The third-order valence-corrected chi connectivity index (χ3v) is 4.83. The molecule has 0 unspecified atom stereocenters. The maximum Gasteiger partial charge on any atom is 0.334 e. The summed E-state index contributed by atoms with van der Waals surface area (Å²) in [5, 5.41) is 7.34. The molecule has 3 aliphatic rings. The molecule has 11 nitrogen and oxygen atoms in total. The molecular formula is C24H42N8O3S. The van der Waals surface area contributed by atoms with Crippen molar-refractivity contribution < 1.29 is 14.4 Å². The number of aliphatic imine (C=N–C) groups is 3. The molecular weight excluding hydrogens is 480 g/mol. The second-order valence-corrected chi connectivity index (χ2v) is 9.69. The van der Waals surface area contributed by atoms with Crippen LogP contribution < -0.4 is 10.2 Å². The van der Waals surface area contributed by atoms with Crippen LogP contribution in [0, 0.1) is 17.8 Å². The Kier molecular flexibility index (Phi) is 15.1. The summed E-state index contributed by atoms with van der Waals surface area (Å²) in [5.74, 6) is 5.15. The quantitative estimate of drug-likeness (QED) is 0.372. The van der Waals surface area contributed by atoms with Crippen molar-refractivity contribution in [3.8, 4) is 0 Å². The second-order valence-electron chi connectivity index (χ2n) is 8.81. The molecule has 3 aliphatic heterocycles. The van der Waals surface area contributed by atoms with E-state index in [1.165, 1.54) is 18.3 Å². The van der Waals surface area contributed by atoms with Crippen LogP contribution in [0.2, 0.25) is 0 Å². The lowest BCUT2D eigenvalue weighted by Gasteiger charge is -2.01. The summed E-state index contributed by atoms with van der Waals surface area (Å²) in [6.45, 7) is 23.7. The number of hydrogen-bond donors (Lipinski definition) is 3. The number of cyclic esters (lactones) is 1. The summed E-state index contributed by atoms with van der Waals surface area (Å²) in [7, 11) is 0. The highest BCUT2D eigenvalue weighted by molar-refractivity contribution is 8.02. The summed E-state index contributed by atoms with van der Waals surface area (Å²) in [4.78, 5) is 31.1. The highest BCUT2D eigenvalue weighted by Gasteiger charge is 2.18. The molecule has 0 atom stereocenters. The first-order valence-corrected chi connectivity index (χ1v) is 12.2. The fourth-order valence-electron chi connectivity index (χ4n) is 2.19. The fraction of sp³-hybridized carbons (Fsp3) is 0.583. The molecule has 0 radical (unpaired) electrons. The predicted molar refractivity (Wildman–Crippen MR) is 148 cm³/mol. The number of hydroxylamine groups is 1. The van der Waals surface area contributed by atoms with Gasteiger partial charge < -0.3 is 14.3 Å². The van der Waals surface area contributed by atoms with Crippen LogP contribution in [0.5, 0.6) is 0 Å². The Morgan fingerprint density at radius 2 is 1.58 bits per heavy atom. The van der Waals surface area contributed by atoms with Gasteiger partial charge in [0, 0.05) is 35.6 Å². The van der Waals surface area contributed by atoms with E-state index in [4.69, 9.17) is 9.57 Å². The van der Waals surface area contributed by atoms with E-state index in [1.54, 1.807) is 0 Å². The standard InChI is InChI=1S/C6H10N2O.C6H10N2S.C6H9NO2.C5H9N3.CH4/c2*1-4(2)6-7-5(3)9-8-6;1-4(2)6-7-3-5(8)9-6;1-4(2)5-6-3-7-8-5;/h2*4H,3H2,1-2H3,(H,7,8);4H,3H2,1-2H3;3-4H,1-2H3,(H,6,7,8);1H4. The molecule has 4 rings (SSSR count). The van der Waals surface area contributed by atoms with Gasteiger partial charge in [-0.25, -0.2) is 25.2 Å². The van der Waals surface area contributed by atoms with Crippen LogP contribution >= 0.6 is 11.9 Å². The van der Waals surface area contributed by atoms with Crippen LogP contribution in [0.1, 0.15) is 74.6 Å². The van der Waals surface area contributed by atoms with Gasteiger partial charge in [0.15, 0.2) is 5.90 Å². The molecule has 36 heavy (non-hydrogen) atoms. The molecule has 0 fully saturated rings. The average molecular weight is 523 g/mol. The summed E-state index contributed by atoms with van der Waals surface area (Å²) < 4.78 is 7.81. The Morgan fingerprint density at radius 3 is 1.81 bits per heavy atom. The Balaban J connectivity index is 0.000000450. The molecule has 12 heteroatoms. The molecule has 4 heterocycles. The number of nitrogens with one attached hydrogen (secondary N) is 3. The molecule has 0 spiro atoms. The van der Waals surface area contributed by atoms with Crippen molar-refractivity contribution in [1.29, 1.82) is 0 Å². The number of aromatic amines is 1. The van der Waals surface area contributed by atoms with Crippen LogP contribution in [-0.4, -0.2) is 45.3 Å². The minimum absolute atomic E-state index is 0. The van der Waals surface area contributed by atoms with E-state index in [-0.39, 0.29) is 25.9 Å². The Bertz CT molecular complexity index is 897. The maximum atomic E-state index is 10.4. The van der Waals surface area contributed by atoms with Crippen LogP contribution in [-0.2, 0) is 14.4 Å². The molecule has 0 bridgehead atoms. The zero-order valence-corrected chi connectivity index (χ0v) is 22.7. The average Bonchev–Trinajstić information content (AvgIpc) is 3.57. The number of esters is 1. The molecule has 0 aromatic carbocycles. The van der Waals surface area contributed by atoms with E-state index >= 15 is 0 Å². The summed E-state index contributed by atoms with van der Waals surface area (Å²) >= 11 is 1.49. The van der Waals surface area contributed by atoms with Crippen molar-refractivity contribution in [3.05, 3.63) is 36.2 Å². The van der Waals surface area contributed by atoms with Crippen LogP contribution in [0.15, 0.2) is 45.4 Å². The van der Waals surface area contributed by atoms with Gasteiger partial charge in [0.2, 0.25) is 5.88 Å². The summed E-state index contributed by atoms with van der Waals surface area (Å²) in [6, 6.07) is 0. The largest absolute Gasteiger partial charge is 0.410 e. The van der Waals surface area contributed by atoms with E-state index in [0.717, 1.165) is 22.5 Å². The minimum Gasteiger partial charge on any atom is -0.410 e. The van der Waals surface area contributed by atoms with Gasteiger partial charge in [0.25, 0.3) is 0 Å². The molecule has 3 N–H and O–H groups in total. The van der Waals surface area contributed by atoms with Gasteiger partial charge in [-0.3, -0.25) is 5.10 Å². The number of nitrogens with zero attached hydrogens (tertiary/aromatic N) is 5. The van der Waals surface area contributed by atoms with Crippen molar-refractivity contribution in [1.82, 2.24) is 25.4 Å². The molecule has 1 aromatic rings. The van der Waals surface area contributed by atoms with Gasteiger partial charge >= 0.3 is 5.97 Å².